The maximum absolute atomic E-state index is 12.1. The molecule has 4 heteroatoms. The summed E-state index contributed by atoms with van der Waals surface area (Å²) in [6.07, 6.45) is 4.81. The number of hydrogen-bond acceptors (Lipinski definition) is 3. The van der Waals surface area contributed by atoms with Crippen LogP contribution in [0.5, 0.6) is 0 Å². The topological polar surface area (TPSA) is 64.9 Å². The van der Waals surface area contributed by atoms with Gasteiger partial charge in [0.1, 0.15) is 11.6 Å². The quantitative estimate of drug-likeness (QED) is 0.458. The number of benzene rings is 1. The SMILES string of the molecule is CCCCCN/C=C(/C#N)C(=O)Nc1cccc(C)c1C. The van der Waals surface area contributed by atoms with E-state index in [1.54, 1.807) is 0 Å². The molecule has 1 rings (SSSR count). The van der Waals surface area contributed by atoms with Gasteiger partial charge in [0.2, 0.25) is 0 Å². The third-order valence-corrected chi connectivity index (χ3v) is 3.39. The van der Waals surface area contributed by atoms with Crippen LogP contribution in [0.1, 0.15) is 37.3 Å². The summed E-state index contributed by atoms with van der Waals surface area (Å²) in [6, 6.07) is 7.64. The highest BCUT2D eigenvalue weighted by Gasteiger charge is 2.10. The summed E-state index contributed by atoms with van der Waals surface area (Å²) >= 11 is 0. The van der Waals surface area contributed by atoms with Crippen LogP contribution in [0.2, 0.25) is 0 Å². The molecule has 0 aliphatic heterocycles. The largest absolute Gasteiger partial charge is 0.390 e. The first-order valence-electron chi connectivity index (χ1n) is 7.31. The molecule has 0 saturated heterocycles. The molecule has 0 bridgehead atoms. The number of aryl methyl sites for hydroxylation is 1. The molecule has 1 aromatic rings. The predicted octanol–water partition coefficient (Wildman–Crippen LogP) is 3.43. The Hall–Kier alpha value is -2.28. The van der Waals surface area contributed by atoms with Crippen molar-refractivity contribution >= 4 is 11.6 Å². The van der Waals surface area contributed by atoms with Crippen LogP contribution in [0.25, 0.3) is 0 Å². The van der Waals surface area contributed by atoms with Crippen LogP contribution >= 0.6 is 0 Å². The maximum atomic E-state index is 12.1. The average Bonchev–Trinajstić information content (AvgIpc) is 2.47. The molecule has 112 valence electrons. The molecule has 1 aromatic carbocycles. The van der Waals surface area contributed by atoms with Gasteiger partial charge in [0.15, 0.2) is 0 Å². The Morgan fingerprint density at radius 3 is 2.76 bits per heavy atom. The van der Waals surface area contributed by atoms with Gasteiger partial charge in [-0.25, -0.2) is 0 Å². The first-order chi connectivity index (χ1) is 10.1. The molecule has 0 fully saturated rings. The van der Waals surface area contributed by atoms with Crippen molar-refractivity contribution in [2.75, 3.05) is 11.9 Å². The summed E-state index contributed by atoms with van der Waals surface area (Å²) in [5.41, 5.74) is 2.95. The van der Waals surface area contributed by atoms with Crippen molar-refractivity contribution in [3.05, 3.63) is 41.1 Å². The fourth-order valence-corrected chi connectivity index (χ4v) is 1.88. The van der Waals surface area contributed by atoms with Crippen molar-refractivity contribution < 1.29 is 4.79 Å². The molecule has 0 unspecified atom stereocenters. The van der Waals surface area contributed by atoms with Crippen LogP contribution in [0.15, 0.2) is 30.0 Å². The lowest BCUT2D eigenvalue weighted by atomic mass is 10.1. The van der Waals surface area contributed by atoms with Crippen molar-refractivity contribution in [2.45, 2.75) is 40.0 Å². The zero-order valence-corrected chi connectivity index (χ0v) is 13.0. The summed E-state index contributed by atoms with van der Waals surface area (Å²) in [6.45, 7) is 6.84. The Bertz CT molecular complexity index is 556. The minimum atomic E-state index is -0.380. The summed E-state index contributed by atoms with van der Waals surface area (Å²) in [5.74, 6) is -0.380. The molecule has 0 aliphatic rings. The molecule has 0 saturated carbocycles. The zero-order valence-electron chi connectivity index (χ0n) is 13.0. The number of anilines is 1. The third kappa shape index (κ3) is 5.31. The highest BCUT2D eigenvalue weighted by Crippen LogP contribution is 2.18. The van der Waals surface area contributed by atoms with Crippen LogP contribution in [0.3, 0.4) is 0 Å². The standard InChI is InChI=1S/C17H23N3O/c1-4-5-6-10-19-12-15(11-18)17(21)20-16-9-7-8-13(2)14(16)3/h7-9,12,19H,4-6,10H2,1-3H3,(H,20,21)/b15-12-. The van der Waals surface area contributed by atoms with Gasteiger partial charge in [-0.05, 0) is 37.5 Å². The van der Waals surface area contributed by atoms with Gasteiger partial charge in [0.05, 0.1) is 0 Å². The van der Waals surface area contributed by atoms with Crippen LogP contribution in [0.4, 0.5) is 5.69 Å². The summed E-state index contributed by atoms with van der Waals surface area (Å²) in [4.78, 5) is 12.1. The van der Waals surface area contributed by atoms with E-state index in [0.717, 1.165) is 42.6 Å². The second-order valence-electron chi connectivity index (χ2n) is 5.03. The average molecular weight is 285 g/mol. The van der Waals surface area contributed by atoms with E-state index in [2.05, 4.69) is 17.6 Å². The highest BCUT2D eigenvalue weighted by atomic mass is 16.1. The normalized spacial score (nSPS) is 10.9. The second-order valence-corrected chi connectivity index (χ2v) is 5.03. The van der Waals surface area contributed by atoms with Gasteiger partial charge in [-0.15, -0.1) is 0 Å². The highest BCUT2D eigenvalue weighted by molar-refractivity contribution is 6.06. The molecular weight excluding hydrogens is 262 g/mol. The minimum Gasteiger partial charge on any atom is -0.390 e. The van der Waals surface area contributed by atoms with Crippen LogP contribution in [-0.2, 0) is 4.79 Å². The number of rotatable bonds is 7. The predicted molar refractivity (Wildman–Crippen MR) is 85.8 cm³/mol. The van der Waals surface area contributed by atoms with Gasteiger partial charge in [-0.3, -0.25) is 4.79 Å². The Balaban J connectivity index is 2.65. The number of nitrogens with zero attached hydrogens (tertiary/aromatic N) is 1. The maximum Gasteiger partial charge on any atom is 0.267 e. The second kappa shape index (κ2) is 8.80. The zero-order chi connectivity index (χ0) is 15.7. The third-order valence-electron chi connectivity index (χ3n) is 3.39. The van der Waals surface area contributed by atoms with Crippen molar-refractivity contribution in [2.24, 2.45) is 0 Å². The van der Waals surface area contributed by atoms with E-state index in [4.69, 9.17) is 5.26 Å². The molecule has 0 atom stereocenters. The van der Waals surface area contributed by atoms with Gasteiger partial charge in [-0.1, -0.05) is 31.9 Å². The van der Waals surface area contributed by atoms with E-state index >= 15 is 0 Å². The Morgan fingerprint density at radius 2 is 2.10 bits per heavy atom. The summed E-state index contributed by atoms with van der Waals surface area (Å²) < 4.78 is 0. The van der Waals surface area contributed by atoms with Gasteiger partial charge >= 0.3 is 0 Å². The first-order valence-corrected chi connectivity index (χ1v) is 7.31. The molecule has 0 radical (unpaired) electrons. The number of hydrogen-bond donors (Lipinski definition) is 2. The number of nitrogens with one attached hydrogen (secondary N) is 2. The minimum absolute atomic E-state index is 0.0902. The van der Waals surface area contributed by atoms with E-state index in [1.807, 2.05) is 38.1 Å². The van der Waals surface area contributed by atoms with Crippen molar-refractivity contribution in [3.8, 4) is 6.07 Å². The number of nitriles is 1. The first kappa shape index (κ1) is 16.8. The van der Waals surface area contributed by atoms with E-state index < -0.39 is 0 Å². The van der Waals surface area contributed by atoms with Crippen LogP contribution in [0, 0.1) is 25.2 Å². The Kier molecular flexibility index (Phi) is 7.03. The molecule has 0 heterocycles. The Labute approximate surface area is 126 Å². The fourth-order valence-electron chi connectivity index (χ4n) is 1.88. The molecular formula is C17H23N3O. The van der Waals surface area contributed by atoms with Gasteiger partial charge < -0.3 is 10.6 Å². The van der Waals surface area contributed by atoms with Gasteiger partial charge in [0, 0.05) is 18.4 Å². The van der Waals surface area contributed by atoms with Gasteiger partial charge in [0.25, 0.3) is 5.91 Å². The lowest BCUT2D eigenvalue weighted by Gasteiger charge is -2.10. The van der Waals surface area contributed by atoms with Crippen LogP contribution < -0.4 is 10.6 Å². The number of carbonyl (C=O) groups excluding carboxylic acids is 1. The number of unbranched alkanes of at least 4 members (excludes halogenated alkanes) is 2. The molecule has 0 spiro atoms. The number of amides is 1. The van der Waals surface area contributed by atoms with E-state index in [0.29, 0.717) is 0 Å². The van der Waals surface area contributed by atoms with E-state index in [-0.39, 0.29) is 11.5 Å². The van der Waals surface area contributed by atoms with Crippen LogP contribution in [-0.4, -0.2) is 12.5 Å². The lowest BCUT2D eigenvalue weighted by Crippen LogP contribution is -2.17. The van der Waals surface area contributed by atoms with E-state index in [9.17, 15) is 4.79 Å². The molecule has 1 amide bonds. The molecule has 0 aromatic heterocycles. The van der Waals surface area contributed by atoms with Crippen molar-refractivity contribution in [1.82, 2.24) is 5.32 Å². The lowest BCUT2D eigenvalue weighted by molar-refractivity contribution is -0.112. The van der Waals surface area contributed by atoms with Gasteiger partial charge in [-0.2, -0.15) is 5.26 Å². The molecule has 2 N–H and O–H groups in total. The summed E-state index contributed by atoms with van der Waals surface area (Å²) in [7, 11) is 0. The smallest absolute Gasteiger partial charge is 0.267 e. The molecule has 0 aliphatic carbocycles. The Morgan fingerprint density at radius 1 is 1.33 bits per heavy atom. The fraction of sp³-hybridized carbons (Fsp3) is 0.412. The van der Waals surface area contributed by atoms with E-state index in [1.165, 1.54) is 6.20 Å². The number of carbonyl (C=O) groups is 1. The van der Waals surface area contributed by atoms with Crippen molar-refractivity contribution in [1.29, 1.82) is 5.26 Å². The molecule has 21 heavy (non-hydrogen) atoms. The summed E-state index contributed by atoms with van der Waals surface area (Å²) in [5, 5.41) is 14.9. The monoisotopic (exact) mass is 285 g/mol. The van der Waals surface area contributed by atoms with Crippen molar-refractivity contribution in [3.63, 3.8) is 0 Å². The molecule has 4 nitrogen and oxygen atoms in total.